The highest BCUT2D eigenvalue weighted by Crippen LogP contribution is 2.34. The number of hydrogen-bond acceptors (Lipinski definition) is 5. The lowest BCUT2D eigenvalue weighted by Gasteiger charge is -2.19. The van der Waals surface area contributed by atoms with Gasteiger partial charge in [-0.3, -0.25) is 9.36 Å². The fourth-order valence-corrected chi connectivity index (χ4v) is 4.75. The first-order valence-corrected chi connectivity index (χ1v) is 11.9. The molecular formula is C27H23NO3S2. The van der Waals surface area contributed by atoms with Gasteiger partial charge in [-0.2, -0.15) is 0 Å². The number of rotatable bonds is 7. The van der Waals surface area contributed by atoms with Crippen LogP contribution in [0.25, 0.3) is 16.9 Å². The molecule has 1 aromatic heterocycles. The van der Waals surface area contributed by atoms with Crippen LogP contribution in [0.1, 0.15) is 15.9 Å². The van der Waals surface area contributed by atoms with Crippen LogP contribution in [-0.4, -0.2) is 30.8 Å². The van der Waals surface area contributed by atoms with Gasteiger partial charge in [0, 0.05) is 16.1 Å². The van der Waals surface area contributed by atoms with E-state index in [1.807, 2.05) is 71.5 Å². The van der Waals surface area contributed by atoms with Crippen molar-refractivity contribution < 1.29 is 14.3 Å². The third-order valence-electron chi connectivity index (χ3n) is 5.37. The van der Waals surface area contributed by atoms with E-state index in [-0.39, 0.29) is 5.78 Å². The summed E-state index contributed by atoms with van der Waals surface area (Å²) < 4.78 is 13.0. The van der Waals surface area contributed by atoms with E-state index in [0.717, 1.165) is 27.6 Å². The Balaban J connectivity index is 1.96. The summed E-state index contributed by atoms with van der Waals surface area (Å²) in [5, 5.41) is 0. The van der Waals surface area contributed by atoms with Crippen LogP contribution in [0.3, 0.4) is 0 Å². The summed E-state index contributed by atoms with van der Waals surface area (Å²) >= 11 is 7.48. The Labute approximate surface area is 202 Å². The van der Waals surface area contributed by atoms with E-state index >= 15 is 0 Å². The topological polar surface area (TPSA) is 40.5 Å². The molecule has 6 heteroatoms. The van der Waals surface area contributed by atoms with Gasteiger partial charge < -0.3 is 9.47 Å². The van der Waals surface area contributed by atoms with Crippen molar-refractivity contribution in [2.45, 2.75) is 4.90 Å². The van der Waals surface area contributed by atoms with Gasteiger partial charge in [0.1, 0.15) is 16.1 Å². The molecule has 0 unspecified atom stereocenters. The van der Waals surface area contributed by atoms with Gasteiger partial charge in [-0.1, -0.05) is 30.4 Å². The van der Waals surface area contributed by atoms with Crippen LogP contribution in [0, 0.1) is 4.64 Å². The maximum atomic E-state index is 13.6. The number of ketones is 1. The standard InChI is InChI=1S/C27H23NO3S2/c1-30-21-13-9-18(10-14-21)23-17-24(33-3)25(26(29)19-11-15-22(31-2)16-12-19)27(32)28(23)20-7-5-4-6-8-20/h4-17H,1-3H3. The fraction of sp³-hybridized carbons (Fsp3) is 0.111. The molecule has 0 amide bonds. The second-order valence-corrected chi connectivity index (χ2v) is 8.47. The molecule has 0 aliphatic heterocycles. The van der Waals surface area contributed by atoms with Crippen molar-refractivity contribution in [2.24, 2.45) is 0 Å². The van der Waals surface area contributed by atoms with Crippen LogP contribution in [0.5, 0.6) is 11.5 Å². The maximum Gasteiger partial charge on any atom is 0.197 e. The highest BCUT2D eigenvalue weighted by atomic mass is 32.2. The Bertz CT molecular complexity index is 1330. The summed E-state index contributed by atoms with van der Waals surface area (Å²) in [4.78, 5) is 14.4. The average Bonchev–Trinajstić information content (AvgIpc) is 2.88. The van der Waals surface area contributed by atoms with Crippen molar-refractivity contribution in [1.82, 2.24) is 4.57 Å². The SMILES string of the molecule is COc1ccc(C(=O)c2c(SC)cc(-c3ccc(OC)cc3)n(-c3ccccc3)c2=S)cc1. The normalized spacial score (nSPS) is 10.6. The Kier molecular flexibility index (Phi) is 6.96. The first-order chi connectivity index (χ1) is 16.1. The Hall–Kier alpha value is -3.35. The lowest BCUT2D eigenvalue weighted by molar-refractivity contribution is 0.103. The molecule has 0 saturated carbocycles. The number of hydrogen-bond donors (Lipinski definition) is 0. The highest BCUT2D eigenvalue weighted by molar-refractivity contribution is 7.98. The number of aromatic nitrogens is 1. The third kappa shape index (κ3) is 4.58. The van der Waals surface area contributed by atoms with Crippen molar-refractivity contribution in [3.8, 4) is 28.4 Å². The summed E-state index contributed by atoms with van der Waals surface area (Å²) in [6.07, 6.45) is 1.96. The zero-order valence-electron chi connectivity index (χ0n) is 18.6. The average molecular weight is 474 g/mol. The molecule has 166 valence electrons. The van der Waals surface area contributed by atoms with E-state index in [2.05, 4.69) is 0 Å². The number of benzene rings is 3. The van der Waals surface area contributed by atoms with Crippen molar-refractivity contribution >= 4 is 29.8 Å². The van der Waals surface area contributed by atoms with Gasteiger partial charge in [-0.05, 0) is 78.5 Å². The van der Waals surface area contributed by atoms with Crippen molar-refractivity contribution in [3.05, 3.63) is 101 Å². The van der Waals surface area contributed by atoms with Crippen LogP contribution in [0.2, 0.25) is 0 Å². The highest BCUT2D eigenvalue weighted by Gasteiger charge is 2.21. The minimum absolute atomic E-state index is 0.113. The number of pyridine rings is 1. The zero-order valence-corrected chi connectivity index (χ0v) is 20.2. The van der Waals surface area contributed by atoms with Crippen molar-refractivity contribution in [2.75, 3.05) is 20.5 Å². The molecule has 0 radical (unpaired) electrons. The fourth-order valence-electron chi connectivity index (χ4n) is 3.65. The first kappa shape index (κ1) is 22.8. The quantitative estimate of drug-likeness (QED) is 0.167. The summed E-state index contributed by atoms with van der Waals surface area (Å²) in [6.45, 7) is 0. The van der Waals surface area contributed by atoms with Crippen LogP contribution in [-0.2, 0) is 0 Å². The van der Waals surface area contributed by atoms with Crippen molar-refractivity contribution in [1.29, 1.82) is 0 Å². The summed E-state index contributed by atoms with van der Waals surface area (Å²) in [7, 11) is 3.25. The number of nitrogens with zero attached hydrogens (tertiary/aromatic N) is 1. The number of carbonyl (C=O) groups is 1. The van der Waals surface area contributed by atoms with Crippen molar-refractivity contribution in [3.63, 3.8) is 0 Å². The third-order valence-corrected chi connectivity index (χ3v) is 6.52. The van der Waals surface area contributed by atoms with Crippen LogP contribution < -0.4 is 9.47 Å². The van der Waals surface area contributed by atoms with E-state index in [4.69, 9.17) is 21.7 Å². The number of carbonyl (C=O) groups excluding carboxylic acids is 1. The molecular weight excluding hydrogens is 450 g/mol. The number of para-hydroxylation sites is 1. The first-order valence-electron chi connectivity index (χ1n) is 10.3. The van der Waals surface area contributed by atoms with Gasteiger partial charge in [0.15, 0.2) is 5.78 Å². The van der Waals surface area contributed by atoms with Crippen LogP contribution >= 0.6 is 24.0 Å². The number of ether oxygens (including phenoxy) is 2. The molecule has 0 spiro atoms. The van der Waals surface area contributed by atoms with Gasteiger partial charge in [-0.25, -0.2) is 0 Å². The molecule has 0 saturated heterocycles. The van der Waals surface area contributed by atoms with Crippen LogP contribution in [0.15, 0.2) is 89.8 Å². The van der Waals surface area contributed by atoms with Gasteiger partial charge in [0.2, 0.25) is 0 Å². The smallest absolute Gasteiger partial charge is 0.197 e. The van der Waals surface area contributed by atoms with E-state index in [1.54, 1.807) is 38.5 Å². The molecule has 33 heavy (non-hydrogen) atoms. The van der Waals surface area contributed by atoms with E-state index < -0.39 is 0 Å². The molecule has 0 bridgehead atoms. The minimum Gasteiger partial charge on any atom is -0.497 e. The van der Waals surface area contributed by atoms with E-state index in [0.29, 0.717) is 21.5 Å². The molecule has 4 nitrogen and oxygen atoms in total. The predicted molar refractivity (Wildman–Crippen MR) is 137 cm³/mol. The number of thioether (sulfide) groups is 1. The molecule has 4 rings (SSSR count). The Morgan fingerprint density at radius 2 is 1.42 bits per heavy atom. The zero-order chi connectivity index (χ0) is 23.4. The minimum atomic E-state index is -0.113. The van der Waals surface area contributed by atoms with Gasteiger partial charge >= 0.3 is 0 Å². The predicted octanol–water partition coefficient (Wildman–Crippen LogP) is 6.84. The lowest BCUT2D eigenvalue weighted by atomic mass is 10.0. The Morgan fingerprint density at radius 1 is 0.848 bits per heavy atom. The molecule has 0 aliphatic rings. The van der Waals surface area contributed by atoms with Gasteiger partial charge in [0.05, 0.1) is 25.5 Å². The molecule has 0 N–H and O–H groups in total. The molecule has 4 aromatic rings. The van der Waals surface area contributed by atoms with Gasteiger partial charge in [-0.15, -0.1) is 11.8 Å². The summed E-state index contributed by atoms with van der Waals surface area (Å²) in [5.41, 5.74) is 3.86. The molecule has 1 heterocycles. The molecule has 0 atom stereocenters. The van der Waals surface area contributed by atoms with Crippen LogP contribution in [0.4, 0.5) is 0 Å². The Morgan fingerprint density at radius 3 is 1.97 bits per heavy atom. The molecule has 0 aliphatic carbocycles. The largest absolute Gasteiger partial charge is 0.497 e. The second kappa shape index (κ2) is 10.1. The monoisotopic (exact) mass is 473 g/mol. The summed E-state index contributed by atoms with van der Waals surface area (Å²) in [5.74, 6) is 1.36. The second-order valence-electron chi connectivity index (χ2n) is 7.24. The number of methoxy groups -OCH3 is 2. The summed E-state index contributed by atoms with van der Waals surface area (Å²) in [6, 6.07) is 26.8. The van der Waals surface area contributed by atoms with E-state index in [9.17, 15) is 4.79 Å². The maximum absolute atomic E-state index is 13.6. The van der Waals surface area contributed by atoms with Gasteiger partial charge in [0.25, 0.3) is 0 Å². The lowest BCUT2D eigenvalue weighted by Crippen LogP contribution is -2.11. The van der Waals surface area contributed by atoms with E-state index in [1.165, 1.54) is 11.8 Å². The molecule has 0 fully saturated rings. The molecule has 3 aromatic carbocycles.